The number of aliphatic hydroxyl groups is 1. The van der Waals surface area contributed by atoms with Crippen LogP contribution in [0.1, 0.15) is 25.7 Å². The summed E-state index contributed by atoms with van der Waals surface area (Å²) in [6, 6.07) is 2.70. The van der Waals surface area contributed by atoms with Crippen molar-refractivity contribution < 1.29 is 27.8 Å². The second-order valence-electron chi connectivity index (χ2n) is 5.45. The number of carbonyl (C=O) groups is 1. The number of benzene rings is 1. The van der Waals surface area contributed by atoms with Gasteiger partial charge in [0.15, 0.2) is 0 Å². The van der Waals surface area contributed by atoms with Crippen molar-refractivity contribution >= 4 is 11.7 Å². The number of nitrogens with one attached hydrogen (secondary N) is 2. The first-order valence-corrected chi connectivity index (χ1v) is 7.40. The predicted octanol–water partition coefficient (Wildman–Crippen LogP) is 2.89. The first-order valence-electron chi connectivity index (χ1n) is 7.40. The molecule has 1 aliphatic rings. The molecule has 0 radical (unpaired) electrons. The van der Waals surface area contributed by atoms with Crippen LogP contribution in [0.15, 0.2) is 18.2 Å². The highest BCUT2D eigenvalue weighted by Crippen LogP contribution is 2.26. The number of aliphatic hydroxyl groups excluding tert-OH is 1. The van der Waals surface area contributed by atoms with E-state index in [9.17, 15) is 23.1 Å². The fourth-order valence-corrected chi connectivity index (χ4v) is 2.44. The number of alkyl halides is 2. The summed E-state index contributed by atoms with van der Waals surface area (Å²) in [6.07, 6.45) is -0.482. The van der Waals surface area contributed by atoms with Gasteiger partial charge in [-0.25, -0.2) is 18.0 Å². The molecule has 5 nitrogen and oxygen atoms in total. The topological polar surface area (TPSA) is 70.6 Å². The highest BCUT2D eigenvalue weighted by molar-refractivity contribution is 5.91. The average molecular weight is 332 g/mol. The van der Waals surface area contributed by atoms with E-state index in [1.165, 1.54) is 6.07 Å². The lowest BCUT2D eigenvalue weighted by atomic mass is 9.93. The van der Waals surface area contributed by atoms with Gasteiger partial charge in [0.05, 0.1) is 11.8 Å². The van der Waals surface area contributed by atoms with Gasteiger partial charge in [-0.3, -0.25) is 0 Å². The Bertz CT molecular complexity index is 535. The third-order valence-corrected chi connectivity index (χ3v) is 3.59. The van der Waals surface area contributed by atoms with E-state index in [0.717, 1.165) is 12.1 Å². The van der Waals surface area contributed by atoms with Gasteiger partial charge in [-0.2, -0.15) is 0 Å². The molecule has 0 saturated heterocycles. The van der Waals surface area contributed by atoms with Gasteiger partial charge in [0, 0.05) is 12.1 Å². The summed E-state index contributed by atoms with van der Waals surface area (Å²) < 4.78 is 42.5. The lowest BCUT2D eigenvalue weighted by Crippen LogP contribution is -2.40. The Morgan fingerprint density at radius 1 is 1.30 bits per heavy atom. The average Bonchev–Trinajstić information content (AvgIpc) is 2.49. The number of carbonyl (C=O) groups excluding carboxylic acids is 1. The number of rotatable bonds is 5. The van der Waals surface area contributed by atoms with Crippen molar-refractivity contribution in [3.05, 3.63) is 24.0 Å². The molecule has 128 valence electrons. The third-order valence-electron chi connectivity index (χ3n) is 3.59. The Labute approximate surface area is 131 Å². The molecule has 0 heterocycles. The SMILES string of the molecule is O=C(Nc1ccc(F)cc1OCC(F)F)NC1CCC(O)CC1. The number of halogens is 3. The summed E-state index contributed by atoms with van der Waals surface area (Å²) in [5.74, 6) is -0.805. The second-order valence-corrected chi connectivity index (χ2v) is 5.45. The van der Waals surface area contributed by atoms with Crippen molar-refractivity contribution in [2.45, 2.75) is 44.3 Å². The molecule has 2 rings (SSSR count). The minimum absolute atomic E-state index is 0.0655. The van der Waals surface area contributed by atoms with Gasteiger partial charge in [-0.1, -0.05) is 0 Å². The van der Waals surface area contributed by atoms with E-state index in [4.69, 9.17) is 4.74 Å². The van der Waals surface area contributed by atoms with E-state index in [0.29, 0.717) is 25.7 Å². The van der Waals surface area contributed by atoms with E-state index >= 15 is 0 Å². The van der Waals surface area contributed by atoms with E-state index in [2.05, 4.69) is 10.6 Å². The fraction of sp³-hybridized carbons (Fsp3) is 0.533. The van der Waals surface area contributed by atoms with E-state index in [1.807, 2.05) is 0 Å². The van der Waals surface area contributed by atoms with E-state index in [1.54, 1.807) is 0 Å². The van der Waals surface area contributed by atoms with Crippen molar-refractivity contribution in [2.75, 3.05) is 11.9 Å². The second kappa shape index (κ2) is 8.05. The van der Waals surface area contributed by atoms with Crippen LogP contribution in [-0.4, -0.2) is 36.3 Å². The number of urea groups is 1. The lowest BCUT2D eigenvalue weighted by molar-refractivity contribution is 0.0821. The molecule has 1 saturated carbocycles. The molecule has 0 bridgehead atoms. The van der Waals surface area contributed by atoms with Crippen LogP contribution in [0.2, 0.25) is 0 Å². The maximum atomic E-state index is 13.2. The summed E-state index contributed by atoms with van der Waals surface area (Å²) in [5, 5.41) is 14.6. The molecule has 3 N–H and O–H groups in total. The lowest BCUT2D eigenvalue weighted by Gasteiger charge is -2.26. The van der Waals surface area contributed by atoms with Crippen LogP contribution in [0.5, 0.6) is 5.75 Å². The number of anilines is 1. The maximum absolute atomic E-state index is 13.2. The molecule has 0 aromatic heterocycles. The van der Waals surface area contributed by atoms with Gasteiger partial charge in [-0.15, -0.1) is 0 Å². The van der Waals surface area contributed by atoms with Crippen LogP contribution < -0.4 is 15.4 Å². The number of ether oxygens (including phenoxy) is 1. The molecule has 8 heteroatoms. The zero-order chi connectivity index (χ0) is 16.8. The van der Waals surface area contributed by atoms with Crippen LogP contribution in [-0.2, 0) is 0 Å². The Kier molecular flexibility index (Phi) is 6.09. The van der Waals surface area contributed by atoms with Crippen LogP contribution in [0.4, 0.5) is 23.7 Å². The Morgan fingerprint density at radius 2 is 2.00 bits per heavy atom. The van der Waals surface area contributed by atoms with Crippen molar-refractivity contribution in [3.8, 4) is 5.75 Å². The van der Waals surface area contributed by atoms with E-state index in [-0.39, 0.29) is 23.6 Å². The van der Waals surface area contributed by atoms with E-state index < -0.39 is 24.9 Å². The number of hydrogen-bond acceptors (Lipinski definition) is 3. The largest absolute Gasteiger partial charge is 0.485 e. The molecule has 1 fully saturated rings. The minimum atomic E-state index is -2.70. The van der Waals surface area contributed by atoms with Gasteiger partial charge < -0.3 is 20.5 Å². The Morgan fingerprint density at radius 3 is 2.65 bits per heavy atom. The molecule has 0 atom stereocenters. The maximum Gasteiger partial charge on any atom is 0.319 e. The minimum Gasteiger partial charge on any atom is -0.485 e. The zero-order valence-electron chi connectivity index (χ0n) is 12.4. The smallest absolute Gasteiger partial charge is 0.319 e. The number of amides is 2. The van der Waals surface area contributed by atoms with Gasteiger partial charge in [0.2, 0.25) is 0 Å². The van der Waals surface area contributed by atoms with Gasteiger partial charge >= 0.3 is 6.03 Å². The third kappa shape index (κ3) is 5.63. The Balaban J connectivity index is 1.94. The zero-order valence-corrected chi connectivity index (χ0v) is 12.4. The molecule has 0 aliphatic heterocycles. The van der Waals surface area contributed by atoms with Crippen molar-refractivity contribution in [3.63, 3.8) is 0 Å². The molecule has 0 unspecified atom stereocenters. The summed E-state index contributed by atoms with van der Waals surface area (Å²) in [7, 11) is 0. The Hall–Kier alpha value is -1.96. The molecule has 1 aliphatic carbocycles. The quantitative estimate of drug-likeness (QED) is 0.776. The van der Waals surface area contributed by atoms with Crippen molar-refractivity contribution in [2.24, 2.45) is 0 Å². The van der Waals surface area contributed by atoms with Crippen molar-refractivity contribution in [1.82, 2.24) is 5.32 Å². The monoisotopic (exact) mass is 332 g/mol. The standard InChI is InChI=1S/C15H19F3N2O3/c16-9-1-6-12(13(7-9)23-8-14(17)18)20-15(22)19-10-2-4-11(21)5-3-10/h1,6-7,10-11,14,21H,2-5,8H2,(H2,19,20,22). The highest BCUT2D eigenvalue weighted by atomic mass is 19.3. The number of hydrogen-bond donors (Lipinski definition) is 3. The fourth-order valence-electron chi connectivity index (χ4n) is 2.44. The van der Waals surface area contributed by atoms with Gasteiger partial charge in [0.25, 0.3) is 6.43 Å². The van der Waals surface area contributed by atoms with Crippen LogP contribution >= 0.6 is 0 Å². The molecular weight excluding hydrogens is 313 g/mol. The molecule has 1 aromatic carbocycles. The normalized spacial score (nSPS) is 21.1. The highest BCUT2D eigenvalue weighted by Gasteiger charge is 2.21. The molecule has 2 amide bonds. The summed E-state index contributed by atoms with van der Waals surface area (Å²) in [6.45, 7) is -0.889. The summed E-state index contributed by atoms with van der Waals surface area (Å²) in [5.41, 5.74) is 0.111. The van der Waals surface area contributed by atoms with Crippen LogP contribution in [0.3, 0.4) is 0 Å². The van der Waals surface area contributed by atoms with Crippen LogP contribution in [0.25, 0.3) is 0 Å². The van der Waals surface area contributed by atoms with Crippen molar-refractivity contribution in [1.29, 1.82) is 0 Å². The predicted molar refractivity (Wildman–Crippen MR) is 78.3 cm³/mol. The van der Waals surface area contributed by atoms with Gasteiger partial charge in [0.1, 0.15) is 18.2 Å². The summed E-state index contributed by atoms with van der Waals surface area (Å²) >= 11 is 0. The molecular formula is C15H19F3N2O3. The van der Waals surface area contributed by atoms with Crippen LogP contribution in [0, 0.1) is 5.82 Å². The van der Waals surface area contributed by atoms with Gasteiger partial charge in [-0.05, 0) is 37.8 Å². The first kappa shape index (κ1) is 17.4. The molecule has 0 spiro atoms. The first-order chi connectivity index (χ1) is 10.9. The summed E-state index contributed by atoms with van der Waals surface area (Å²) in [4.78, 5) is 12.0. The molecule has 1 aromatic rings. The molecule has 23 heavy (non-hydrogen) atoms.